The molecule has 0 radical (unpaired) electrons. The fraction of sp³-hybridized carbons (Fsp3) is 0.294. The van der Waals surface area contributed by atoms with E-state index in [1.807, 2.05) is 0 Å². The Morgan fingerprint density at radius 3 is 2.76 bits per heavy atom. The van der Waals surface area contributed by atoms with Crippen molar-refractivity contribution >= 4 is 12.3 Å². The van der Waals surface area contributed by atoms with E-state index < -0.39 is 0 Å². The van der Waals surface area contributed by atoms with Crippen LogP contribution in [-0.4, -0.2) is 23.7 Å². The highest BCUT2D eigenvalue weighted by Gasteiger charge is 2.54. The first-order chi connectivity index (χ1) is 18.4. The van der Waals surface area contributed by atoms with Crippen LogP contribution in [0.5, 0.6) is 0 Å². The number of para-hydroxylation sites is 1. The number of nitrogens with zero attached hydrogens (tertiary/aromatic N) is 3. The molecular weight excluding hydrogens is 450 g/mol. The summed E-state index contributed by atoms with van der Waals surface area (Å²) >= 11 is 0. The van der Waals surface area contributed by atoms with Crippen molar-refractivity contribution in [3.05, 3.63) is 128 Å². The van der Waals surface area contributed by atoms with Crippen LogP contribution in [0.25, 0.3) is 6.08 Å². The maximum Gasteiger partial charge on any atom is 0.0696 e. The molecule has 180 valence electrons. The van der Waals surface area contributed by atoms with Crippen LogP contribution in [0.3, 0.4) is 0 Å². The van der Waals surface area contributed by atoms with Gasteiger partial charge in [-0.25, -0.2) is 0 Å². The molecule has 1 aromatic carbocycles. The lowest BCUT2D eigenvalue weighted by Gasteiger charge is -2.37. The molecule has 0 N–H and O–H groups in total. The molecule has 0 saturated carbocycles. The van der Waals surface area contributed by atoms with Gasteiger partial charge >= 0.3 is 0 Å². The summed E-state index contributed by atoms with van der Waals surface area (Å²) < 4.78 is 0. The van der Waals surface area contributed by atoms with Crippen LogP contribution in [0.1, 0.15) is 25.7 Å². The van der Waals surface area contributed by atoms with Gasteiger partial charge in [-0.2, -0.15) is 0 Å². The third-order valence-electron chi connectivity index (χ3n) is 9.70. The average molecular weight is 480 g/mol. The highest BCUT2D eigenvalue weighted by atomic mass is 15.2. The molecule has 3 heteroatoms. The van der Waals surface area contributed by atoms with Gasteiger partial charge in [0.25, 0.3) is 0 Å². The lowest BCUT2D eigenvalue weighted by atomic mass is 9.69. The molecule has 0 spiro atoms. The molecule has 4 heterocycles. The van der Waals surface area contributed by atoms with Gasteiger partial charge in [-0.1, -0.05) is 78.5 Å². The van der Waals surface area contributed by atoms with Gasteiger partial charge in [0.1, 0.15) is 0 Å². The fourth-order valence-corrected chi connectivity index (χ4v) is 8.18. The molecule has 0 bridgehead atoms. The van der Waals surface area contributed by atoms with Crippen LogP contribution >= 0.6 is 0 Å². The largest absolute Gasteiger partial charge is 0.336 e. The van der Waals surface area contributed by atoms with E-state index in [4.69, 9.17) is 9.98 Å². The minimum Gasteiger partial charge on any atom is -0.336 e. The number of hydrogen-bond acceptors (Lipinski definition) is 3. The van der Waals surface area contributed by atoms with Crippen molar-refractivity contribution in [1.82, 2.24) is 4.90 Å². The van der Waals surface area contributed by atoms with Crippen LogP contribution < -0.4 is 10.6 Å². The third kappa shape index (κ3) is 2.67. The summed E-state index contributed by atoms with van der Waals surface area (Å²) in [5, 5.41) is 2.43. The zero-order chi connectivity index (χ0) is 24.1. The molecule has 4 aliphatic carbocycles. The Kier molecular flexibility index (Phi) is 4.08. The van der Waals surface area contributed by atoms with Crippen molar-refractivity contribution in [3.8, 4) is 0 Å². The molecule has 5 unspecified atom stereocenters. The second-order valence-corrected chi connectivity index (χ2v) is 11.4. The zero-order valence-corrected chi connectivity index (χ0v) is 20.8. The predicted octanol–water partition coefficient (Wildman–Crippen LogP) is 5.25. The SMILES string of the molecule is C1=CC2C3=C(CCC=N3)C3=C(C4=CC=CC5C6=C(CCC(C7C=c8ccccc8=NC7)=C6)N3C45)C2C=C1. The van der Waals surface area contributed by atoms with E-state index in [-0.39, 0.29) is 0 Å². The van der Waals surface area contributed by atoms with Crippen LogP contribution in [0.15, 0.2) is 128 Å². The molecule has 8 aliphatic rings. The minimum atomic E-state index is 0.375. The number of hydrogen-bond donors (Lipinski definition) is 0. The summed E-state index contributed by atoms with van der Waals surface area (Å²) in [7, 11) is 0. The molecule has 0 amide bonds. The van der Waals surface area contributed by atoms with Gasteiger partial charge in [0, 0.05) is 42.1 Å². The molecule has 37 heavy (non-hydrogen) atoms. The van der Waals surface area contributed by atoms with Gasteiger partial charge in [-0.15, -0.1) is 0 Å². The molecule has 4 aliphatic heterocycles. The second-order valence-electron chi connectivity index (χ2n) is 11.4. The number of aliphatic imine (C=N–C) groups is 1. The number of rotatable bonds is 1. The lowest BCUT2D eigenvalue weighted by molar-refractivity contribution is 0.367. The van der Waals surface area contributed by atoms with Crippen LogP contribution in [-0.2, 0) is 0 Å². The second kappa shape index (κ2) is 7.41. The predicted molar refractivity (Wildman–Crippen MR) is 148 cm³/mol. The minimum absolute atomic E-state index is 0.375. The van der Waals surface area contributed by atoms with Gasteiger partial charge in [-0.3, -0.25) is 9.98 Å². The number of fused-ring (bicyclic) bond motifs is 9. The summed E-state index contributed by atoms with van der Waals surface area (Å²) in [5.74, 6) is 1.62. The van der Waals surface area contributed by atoms with Gasteiger partial charge in [-0.05, 0) is 59.3 Å². The average Bonchev–Trinajstić information content (AvgIpc) is 3.49. The molecule has 0 saturated heterocycles. The topological polar surface area (TPSA) is 28.0 Å². The van der Waals surface area contributed by atoms with E-state index in [0.29, 0.717) is 29.7 Å². The number of allylic oxidation sites excluding steroid dienone is 9. The van der Waals surface area contributed by atoms with E-state index in [1.54, 1.807) is 28.0 Å². The maximum absolute atomic E-state index is 5.02. The molecule has 0 aromatic heterocycles. The Hall–Kier alpha value is -3.72. The fourth-order valence-electron chi connectivity index (χ4n) is 8.18. The van der Waals surface area contributed by atoms with E-state index in [2.05, 4.69) is 90.1 Å². The number of benzene rings is 1. The van der Waals surface area contributed by atoms with E-state index in [9.17, 15) is 0 Å². The molecule has 9 rings (SSSR count). The van der Waals surface area contributed by atoms with E-state index >= 15 is 0 Å². The molecule has 3 nitrogen and oxygen atoms in total. The van der Waals surface area contributed by atoms with Crippen molar-refractivity contribution in [2.45, 2.75) is 31.7 Å². The first-order valence-electron chi connectivity index (χ1n) is 13.9. The Bertz CT molecular complexity index is 1680. The Morgan fingerprint density at radius 2 is 1.78 bits per heavy atom. The van der Waals surface area contributed by atoms with Gasteiger partial charge < -0.3 is 4.90 Å². The van der Waals surface area contributed by atoms with E-state index in [1.165, 1.54) is 22.2 Å². The first-order valence-corrected chi connectivity index (χ1v) is 13.9. The maximum atomic E-state index is 5.02. The Morgan fingerprint density at radius 1 is 0.892 bits per heavy atom. The molecule has 0 fully saturated rings. The highest BCUT2D eigenvalue weighted by molar-refractivity contribution is 5.71. The van der Waals surface area contributed by atoms with Gasteiger partial charge in [0.2, 0.25) is 0 Å². The summed E-state index contributed by atoms with van der Waals surface area (Å²) in [5.41, 5.74) is 12.1. The van der Waals surface area contributed by atoms with Gasteiger partial charge in [0.15, 0.2) is 0 Å². The summed E-state index contributed by atoms with van der Waals surface area (Å²) in [6.07, 6.45) is 28.1. The Labute approximate surface area is 217 Å². The van der Waals surface area contributed by atoms with Crippen molar-refractivity contribution in [2.75, 3.05) is 6.54 Å². The molecular formula is C34H29N3. The van der Waals surface area contributed by atoms with Crippen LogP contribution in [0, 0.1) is 23.7 Å². The quantitative estimate of drug-likeness (QED) is 0.541. The van der Waals surface area contributed by atoms with Crippen molar-refractivity contribution in [1.29, 1.82) is 0 Å². The summed E-state index contributed by atoms with van der Waals surface area (Å²) in [6, 6.07) is 8.98. The van der Waals surface area contributed by atoms with Crippen molar-refractivity contribution in [3.63, 3.8) is 0 Å². The summed E-state index contributed by atoms with van der Waals surface area (Å²) in [4.78, 5) is 12.7. The highest BCUT2D eigenvalue weighted by Crippen LogP contribution is 2.60. The smallest absolute Gasteiger partial charge is 0.0696 e. The zero-order valence-electron chi connectivity index (χ0n) is 20.8. The lowest BCUT2D eigenvalue weighted by Crippen LogP contribution is -2.32. The van der Waals surface area contributed by atoms with Gasteiger partial charge in [0.05, 0.1) is 22.8 Å². The normalized spacial score (nSPS) is 33.6. The summed E-state index contributed by atoms with van der Waals surface area (Å²) in [6.45, 7) is 0.872. The monoisotopic (exact) mass is 479 g/mol. The third-order valence-corrected chi connectivity index (χ3v) is 9.70. The van der Waals surface area contributed by atoms with Crippen molar-refractivity contribution < 1.29 is 0 Å². The Balaban J connectivity index is 1.19. The van der Waals surface area contributed by atoms with Crippen LogP contribution in [0.2, 0.25) is 0 Å². The molecule has 5 atom stereocenters. The van der Waals surface area contributed by atoms with Crippen molar-refractivity contribution in [2.24, 2.45) is 33.7 Å². The first kappa shape index (κ1) is 20.4. The standard InChI is InChI=1S/C34H29N3/c1-4-13-29-21(7-1)17-22(19-36-29)20-14-15-30-28(18-20)25-10-5-11-26-31-23-8-2-3-9-24(23)32-27(12-6-16-35-32)34(31)37(30)33(25)26/h1-5,7-11,13,16-18,22-25,33H,6,12,14-15,19H2. The van der Waals surface area contributed by atoms with Crippen LogP contribution in [0.4, 0.5) is 0 Å². The van der Waals surface area contributed by atoms with E-state index in [0.717, 1.165) is 37.6 Å². The molecule has 1 aromatic rings.